The van der Waals surface area contributed by atoms with Gasteiger partial charge in [0.2, 0.25) is 5.88 Å². The lowest BCUT2D eigenvalue weighted by Gasteiger charge is -2.14. The number of anilines is 1. The molecule has 2 aromatic rings. The first-order chi connectivity index (χ1) is 11.3. The number of quaternary nitrogens is 1. The molecule has 0 spiro atoms. The van der Waals surface area contributed by atoms with Gasteiger partial charge in [0.15, 0.2) is 6.54 Å². The van der Waals surface area contributed by atoms with Crippen molar-refractivity contribution in [1.29, 1.82) is 0 Å². The summed E-state index contributed by atoms with van der Waals surface area (Å²) in [6.45, 7) is 8.60. The number of hydrogen-bond donors (Lipinski definition) is 2. The molecule has 0 aliphatic carbocycles. The van der Waals surface area contributed by atoms with Gasteiger partial charge in [-0.2, -0.15) is 0 Å². The second-order valence-corrected chi connectivity index (χ2v) is 7.80. The zero-order valence-electron chi connectivity index (χ0n) is 14.6. The van der Waals surface area contributed by atoms with E-state index in [2.05, 4.69) is 45.5 Å². The van der Waals surface area contributed by atoms with Crippen LogP contribution in [0.15, 0.2) is 39.3 Å². The lowest BCUT2D eigenvalue weighted by Crippen LogP contribution is -2.87. The Hall–Kier alpha value is -1.66. The minimum Gasteiger partial charge on any atom is -0.338 e. The number of nitrogens with one attached hydrogen (secondary N) is 1. The largest absolute Gasteiger partial charge is 0.338 e. The van der Waals surface area contributed by atoms with Crippen LogP contribution in [0.3, 0.4) is 0 Å². The molecule has 1 aromatic carbocycles. The molecule has 1 aromatic heterocycles. The van der Waals surface area contributed by atoms with Gasteiger partial charge in [0.05, 0.1) is 5.69 Å². The summed E-state index contributed by atoms with van der Waals surface area (Å²) in [5.41, 5.74) is 1.93. The van der Waals surface area contributed by atoms with Crippen molar-refractivity contribution < 1.29 is 14.6 Å². The molecule has 6 heteroatoms. The fourth-order valence-electron chi connectivity index (χ4n) is 2.37. The van der Waals surface area contributed by atoms with E-state index in [9.17, 15) is 4.79 Å². The molecule has 130 valence electrons. The van der Waals surface area contributed by atoms with Gasteiger partial charge in [0.1, 0.15) is 6.04 Å². The molecule has 0 bridgehead atoms. The molecule has 0 unspecified atom stereocenters. The van der Waals surface area contributed by atoms with Crippen molar-refractivity contribution in [2.45, 2.75) is 45.6 Å². The van der Waals surface area contributed by atoms with Crippen LogP contribution in [0.4, 0.5) is 5.88 Å². The number of halogens is 1. The van der Waals surface area contributed by atoms with Crippen LogP contribution < -0.4 is 10.6 Å². The van der Waals surface area contributed by atoms with Crippen molar-refractivity contribution in [3.05, 3.63) is 46.1 Å². The van der Waals surface area contributed by atoms with E-state index in [1.165, 1.54) is 5.56 Å². The standard InChI is InChI=1S/C18H24BrN3O2/c1-5-14(12-6-8-13(19)9-7-12)20-11-16(23)21-17-10-15(22-24-17)18(2,3)4/h6-10,14,20H,5,11H2,1-4H3,(H,21,23)/p+1/t14-/m0/s1. The van der Waals surface area contributed by atoms with Crippen molar-refractivity contribution in [3.8, 4) is 0 Å². The van der Waals surface area contributed by atoms with Crippen LogP contribution in [-0.4, -0.2) is 17.6 Å². The number of nitrogens with zero attached hydrogens (tertiary/aromatic N) is 1. The predicted molar refractivity (Wildman–Crippen MR) is 97.8 cm³/mol. The van der Waals surface area contributed by atoms with Gasteiger partial charge in [-0.15, -0.1) is 0 Å². The van der Waals surface area contributed by atoms with Crippen molar-refractivity contribution in [2.24, 2.45) is 0 Å². The van der Waals surface area contributed by atoms with Gasteiger partial charge in [0, 0.05) is 27.9 Å². The number of carbonyl (C=O) groups excluding carboxylic acids is 1. The molecule has 3 N–H and O–H groups in total. The first-order valence-electron chi connectivity index (χ1n) is 8.15. The van der Waals surface area contributed by atoms with Gasteiger partial charge in [0.25, 0.3) is 5.91 Å². The molecule has 0 saturated carbocycles. The van der Waals surface area contributed by atoms with E-state index in [1.807, 2.05) is 38.2 Å². The van der Waals surface area contributed by atoms with E-state index >= 15 is 0 Å². The third-order valence-corrected chi connectivity index (χ3v) is 4.40. The summed E-state index contributed by atoms with van der Waals surface area (Å²) in [5.74, 6) is 0.303. The number of amides is 1. The zero-order chi connectivity index (χ0) is 17.7. The number of hydrogen-bond acceptors (Lipinski definition) is 3. The van der Waals surface area contributed by atoms with Crippen LogP contribution in [0, 0.1) is 0 Å². The summed E-state index contributed by atoms with van der Waals surface area (Å²) >= 11 is 3.44. The summed E-state index contributed by atoms with van der Waals surface area (Å²) in [7, 11) is 0. The molecule has 0 aliphatic heterocycles. The molecule has 0 saturated heterocycles. The number of rotatable bonds is 6. The number of carbonyl (C=O) groups is 1. The maximum absolute atomic E-state index is 12.1. The number of benzene rings is 1. The summed E-state index contributed by atoms with van der Waals surface area (Å²) in [6, 6.07) is 10.2. The Labute approximate surface area is 151 Å². The normalized spacial score (nSPS) is 12.9. The van der Waals surface area contributed by atoms with E-state index in [0.717, 1.165) is 16.6 Å². The molecular formula is C18H25BrN3O2+. The van der Waals surface area contributed by atoms with Gasteiger partial charge in [-0.1, -0.05) is 60.9 Å². The van der Waals surface area contributed by atoms with Gasteiger partial charge in [-0.3, -0.25) is 10.1 Å². The molecule has 1 heterocycles. The van der Waals surface area contributed by atoms with E-state index in [0.29, 0.717) is 12.4 Å². The van der Waals surface area contributed by atoms with Crippen molar-refractivity contribution in [1.82, 2.24) is 5.16 Å². The zero-order valence-corrected chi connectivity index (χ0v) is 16.2. The van der Waals surface area contributed by atoms with E-state index in [1.54, 1.807) is 6.07 Å². The Morgan fingerprint density at radius 2 is 2.00 bits per heavy atom. The van der Waals surface area contributed by atoms with Gasteiger partial charge >= 0.3 is 0 Å². The third kappa shape index (κ3) is 5.18. The van der Waals surface area contributed by atoms with E-state index < -0.39 is 0 Å². The number of aromatic nitrogens is 1. The fraction of sp³-hybridized carbons (Fsp3) is 0.444. The van der Waals surface area contributed by atoms with Gasteiger partial charge < -0.3 is 9.84 Å². The molecule has 5 nitrogen and oxygen atoms in total. The first kappa shape index (κ1) is 18.7. The average Bonchev–Trinajstić information content (AvgIpc) is 2.98. The second-order valence-electron chi connectivity index (χ2n) is 6.88. The number of nitrogens with two attached hydrogens (primary N) is 1. The van der Waals surface area contributed by atoms with E-state index in [-0.39, 0.29) is 17.4 Å². The van der Waals surface area contributed by atoms with Crippen LogP contribution in [-0.2, 0) is 10.2 Å². The van der Waals surface area contributed by atoms with Crippen molar-refractivity contribution in [2.75, 3.05) is 11.9 Å². The Morgan fingerprint density at radius 1 is 1.33 bits per heavy atom. The Kier molecular flexibility index (Phi) is 6.18. The van der Waals surface area contributed by atoms with Gasteiger partial charge in [-0.25, -0.2) is 0 Å². The summed E-state index contributed by atoms with van der Waals surface area (Å²) in [6.07, 6.45) is 0.950. The molecule has 24 heavy (non-hydrogen) atoms. The van der Waals surface area contributed by atoms with Crippen molar-refractivity contribution >= 4 is 27.7 Å². The Morgan fingerprint density at radius 3 is 2.54 bits per heavy atom. The molecule has 2 rings (SSSR count). The van der Waals surface area contributed by atoms with E-state index in [4.69, 9.17) is 4.52 Å². The molecule has 0 fully saturated rings. The highest BCUT2D eigenvalue weighted by molar-refractivity contribution is 9.10. The second kappa shape index (κ2) is 7.94. The third-order valence-electron chi connectivity index (χ3n) is 3.87. The minimum absolute atomic E-state index is 0.0952. The summed E-state index contributed by atoms with van der Waals surface area (Å²) < 4.78 is 6.25. The molecule has 0 aliphatic rings. The molecule has 0 radical (unpaired) electrons. The molecule has 1 amide bonds. The maximum Gasteiger partial charge on any atom is 0.281 e. The minimum atomic E-state index is -0.104. The monoisotopic (exact) mass is 394 g/mol. The lowest BCUT2D eigenvalue weighted by atomic mass is 9.92. The highest BCUT2D eigenvalue weighted by Crippen LogP contribution is 2.23. The topological polar surface area (TPSA) is 71.7 Å². The van der Waals surface area contributed by atoms with Crippen LogP contribution in [0.5, 0.6) is 0 Å². The average molecular weight is 395 g/mol. The molecule has 1 atom stereocenters. The summed E-state index contributed by atoms with van der Waals surface area (Å²) in [4.78, 5) is 12.1. The maximum atomic E-state index is 12.1. The summed E-state index contributed by atoms with van der Waals surface area (Å²) in [5, 5.41) is 8.81. The first-order valence-corrected chi connectivity index (χ1v) is 8.94. The van der Waals surface area contributed by atoms with Crippen LogP contribution in [0.2, 0.25) is 0 Å². The van der Waals surface area contributed by atoms with Crippen LogP contribution in [0.1, 0.15) is 51.4 Å². The Balaban J connectivity index is 1.90. The van der Waals surface area contributed by atoms with Gasteiger partial charge in [-0.05, 0) is 12.1 Å². The van der Waals surface area contributed by atoms with Crippen LogP contribution >= 0.6 is 15.9 Å². The lowest BCUT2D eigenvalue weighted by molar-refractivity contribution is -0.686. The SMILES string of the molecule is CC[C@H]([NH2+]CC(=O)Nc1cc(C(C)(C)C)no1)c1ccc(Br)cc1. The predicted octanol–water partition coefficient (Wildman–Crippen LogP) is 3.39. The quantitative estimate of drug-likeness (QED) is 0.788. The highest BCUT2D eigenvalue weighted by Gasteiger charge is 2.20. The molecular weight excluding hydrogens is 370 g/mol. The van der Waals surface area contributed by atoms with Crippen molar-refractivity contribution in [3.63, 3.8) is 0 Å². The fourth-order valence-corrected chi connectivity index (χ4v) is 2.64. The highest BCUT2D eigenvalue weighted by atomic mass is 79.9. The smallest absolute Gasteiger partial charge is 0.281 e. The Bertz CT molecular complexity index is 674. The van der Waals surface area contributed by atoms with Crippen LogP contribution in [0.25, 0.3) is 0 Å².